The van der Waals surface area contributed by atoms with Gasteiger partial charge in [0.15, 0.2) is 0 Å². The zero-order chi connectivity index (χ0) is 13.1. The van der Waals surface area contributed by atoms with Crippen LogP contribution in [0.3, 0.4) is 0 Å². The summed E-state index contributed by atoms with van der Waals surface area (Å²) < 4.78 is 0. The number of thiazole rings is 1. The number of nitrogen functional groups attached to an aromatic ring is 1. The smallest absolute Gasteiger partial charge is 0.106 e. The molecule has 3 nitrogen and oxygen atoms in total. The Hall–Kier alpha value is -1.39. The Morgan fingerprint density at radius 3 is 2.89 bits per heavy atom. The van der Waals surface area contributed by atoms with E-state index >= 15 is 0 Å². The van der Waals surface area contributed by atoms with Crippen molar-refractivity contribution in [3.63, 3.8) is 0 Å². The molecule has 19 heavy (non-hydrogen) atoms. The van der Waals surface area contributed by atoms with Crippen LogP contribution < -0.4 is 5.73 Å². The van der Waals surface area contributed by atoms with E-state index in [2.05, 4.69) is 40.2 Å². The minimum absolute atomic E-state index is 0.555. The average Bonchev–Trinajstić information content (AvgIpc) is 2.87. The minimum Gasteiger partial charge on any atom is -0.389 e. The highest BCUT2D eigenvalue weighted by Crippen LogP contribution is 2.31. The van der Waals surface area contributed by atoms with Gasteiger partial charge in [0.05, 0.1) is 11.2 Å². The molecule has 0 aliphatic carbocycles. The van der Waals surface area contributed by atoms with Gasteiger partial charge in [0, 0.05) is 19.0 Å². The van der Waals surface area contributed by atoms with Crippen molar-refractivity contribution in [2.45, 2.75) is 25.3 Å². The van der Waals surface area contributed by atoms with Crippen molar-refractivity contribution in [3.05, 3.63) is 47.1 Å². The Bertz CT molecular complexity index is 523. The van der Waals surface area contributed by atoms with Gasteiger partial charge in [-0.3, -0.25) is 4.90 Å². The molecule has 4 heteroatoms. The first-order valence-corrected chi connectivity index (χ1v) is 7.60. The van der Waals surface area contributed by atoms with E-state index in [0.717, 1.165) is 18.1 Å². The monoisotopic (exact) mass is 273 g/mol. The molecule has 1 aromatic carbocycles. The second-order valence-electron chi connectivity index (χ2n) is 5.16. The third kappa shape index (κ3) is 3.14. The lowest BCUT2D eigenvalue weighted by atomic mass is 9.98. The molecule has 1 aliphatic heterocycles. The van der Waals surface area contributed by atoms with Gasteiger partial charge < -0.3 is 5.73 Å². The first-order chi connectivity index (χ1) is 9.31. The molecule has 0 radical (unpaired) electrons. The fourth-order valence-corrected chi connectivity index (χ4v) is 3.54. The summed E-state index contributed by atoms with van der Waals surface area (Å²) in [6.07, 6.45) is 4.27. The summed E-state index contributed by atoms with van der Waals surface area (Å²) >= 11 is 1.64. The summed E-state index contributed by atoms with van der Waals surface area (Å²) in [4.78, 5) is 6.98. The molecule has 3 rings (SSSR count). The van der Waals surface area contributed by atoms with Gasteiger partial charge in [-0.2, -0.15) is 0 Å². The van der Waals surface area contributed by atoms with E-state index in [9.17, 15) is 0 Å². The first kappa shape index (κ1) is 12.6. The van der Waals surface area contributed by atoms with Crippen LogP contribution in [0.1, 0.15) is 29.3 Å². The van der Waals surface area contributed by atoms with Crippen molar-refractivity contribution in [1.82, 2.24) is 9.88 Å². The molecule has 1 aromatic heterocycles. The number of hydrogen-bond donors (Lipinski definition) is 1. The number of aromatic nitrogens is 1. The Morgan fingerprint density at radius 2 is 2.16 bits per heavy atom. The molecule has 2 heterocycles. The maximum absolute atomic E-state index is 5.79. The lowest BCUT2D eigenvalue weighted by Crippen LogP contribution is -2.33. The summed E-state index contributed by atoms with van der Waals surface area (Å²) in [6.45, 7) is 3.33. The Balaban J connectivity index is 1.65. The SMILES string of the molecule is Nc1cnc(C2CCCN(Cc3ccccc3)C2)s1. The molecule has 0 amide bonds. The van der Waals surface area contributed by atoms with Crippen LogP contribution in [-0.4, -0.2) is 23.0 Å². The van der Waals surface area contributed by atoms with Gasteiger partial charge >= 0.3 is 0 Å². The summed E-state index contributed by atoms with van der Waals surface area (Å²) in [7, 11) is 0. The standard InChI is InChI=1S/C15H19N3S/c16-14-9-17-15(19-14)13-7-4-8-18(11-13)10-12-5-2-1-3-6-12/h1-3,5-6,9,13H,4,7-8,10-11,16H2. The molecule has 1 fully saturated rings. The number of nitrogens with zero attached hydrogens (tertiary/aromatic N) is 2. The molecule has 1 saturated heterocycles. The average molecular weight is 273 g/mol. The van der Waals surface area contributed by atoms with E-state index in [1.807, 2.05) is 0 Å². The Kier molecular flexibility index (Phi) is 3.80. The topological polar surface area (TPSA) is 42.1 Å². The quantitative estimate of drug-likeness (QED) is 0.934. The highest BCUT2D eigenvalue weighted by atomic mass is 32.1. The molecule has 0 bridgehead atoms. The van der Waals surface area contributed by atoms with E-state index in [1.165, 1.54) is 30.0 Å². The molecular formula is C15H19N3S. The lowest BCUT2D eigenvalue weighted by Gasteiger charge is -2.31. The first-order valence-electron chi connectivity index (χ1n) is 6.79. The van der Waals surface area contributed by atoms with Crippen molar-refractivity contribution >= 4 is 16.3 Å². The van der Waals surface area contributed by atoms with E-state index < -0.39 is 0 Å². The highest BCUT2D eigenvalue weighted by molar-refractivity contribution is 7.15. The molecule has 0 saturated carbocycles. The van der Waals surface area contributed by atoms with Gasteiger partial charge in [0.2, 0.25) is 0 Å². The fourth-order valence-electron chi connectivity index (χ4n) is 2.73. The van der Waals surface area contributed by atoms with Gasteiger partial charge in [0.25, 0.3) is 0 Å². The molecular weight excluding hydrogens is 254 g/mol. The third-order valence-electron chi connectivity index (χ3n) is 3.65. The van der Waals surface area contributed by atoms with E-state index in [0.29, 0.717) is 5.92 Å². The second-order valence-corrected chi connectivity index (χ2v) is 6.25. The molecule has 2 aromatic rings. The van der Waals surface area contributed by atoms with Gasteiger partial charge in [-0.1, -0.05) is 30.3 Å². The highest BCUT2D eigenvalue weighted by Gasteiger charge is 2.23. The lowest BCUT2D eigenvalue weighted by molar-refractivity contribution is 0.200. The molecule has 0 spiro atoms. The van der Waals surface area contributed by atoms with Gasteiger partial charge in [0.1, 0.15) is 5.00 Å². The zero-order valence-electron chi connectivity index (χ0n) is 11.0. The van der Waals surface area contributed by atoms with Crippen molar-refractivity contribution < 1.29 is 0 Å². The van der Waals surface area contributed by atoms with E-state index in [4.69, 9.17) is 5.73 Å². The molecule has 2 N–H and O–H groups in total. The van der Waals surface area contributed by atoms with E-state index in [-0.39, 0.29) is 0 Å². The van der Waals surface area contributed by atoms with E-state index in [1.54, 1.807) is 17.5 Å². The normalized spacial score (nSPS) is 20.5. The second kappa shape index (κ2) is 5.72. The zero-order valence-corrected chi connectivity index (χ0v) is 11.8. The van der Waals surface area contributed by atoms with Gasteiger partial charge in [-0.05, 0) is 24.9 Å². The van der Waals surface area contributed by atoms with Crippen LogP contribution in [0.4, 0.5) is 5.00 Å². The number of hydrogen-bond acceptors (Lipinski definition) is 4. The number of nitrogens with two attached hydrogens (primary N) is 1. The molecule has 1 aliphatic rings. The number of rotatable bonds is 3. The fraction of sp³-hybridized carbons (Fsp3) is 0.400. The van der Waals surface area contributed by atoms with Crippen LogP contribution in [0.2, 0.25) is 0 Å². The Labute approximate surface area is 118 Å². The van der Waals surface area contributed by atoms with Crippen molar-refractivity contribution in [1.29, 1.82) is 0 Å². The van der Waals surface area contributed by atoms with Crippen molar-refractivity contribution in [2.75, 3.05) is 18.8 Å². The number of piperidine rings is 1. The van der Waals surface area contributed by atoms with Crippen molar-refractivity contribution in [2.24, 2.45) is 0 Å². The summed E-state index contributed by atoms with van der Waals surface area (Å²) in [6, 6.07) is 10.7. The predicted octanol–water partition coefficient (Wildman–Crippen LogP) is 3.10. The summed E-state index contributed by atoms with van der Waals surface area (Å²) in [5, 5.41) is 2.03. The van der Waals surface area contributed by atoms with Gasteiger partial charge in [-0.15, -0.1) is 11.3 Å². The van der Waals surface area contributed by atoms with Crippen LogP contribution in [-0.2, 0) is 6.54 Å². The largest absolute Gasteiger partial charge is 0.389 e. The molecule has 1 unspecified atom stereocenters. The molecule has 100 valence electrons. The number of anilines is 1. The van der Waals surface area contributed by atoms with Crippen molar-refractivity contribution in [3.8, 4) is 0 Å². The third-order valence-corrected chi connectivity index (χ3v) is 4.63. The van der Waals surface area contributed by atoms with Crippen LogP contribution in [0, 0.1) is 0 Å². The summed E-state index contributed by atoms with van der Waals surface area (Å²) in [5.74, 6) is 0.555. The number of likely N-dealkylation sites (tertiary alicyclic amines) is 1. The molecule has 1 atom stereocenters. The summed E-state index contributed by atoms with van der Waals surface area (Å²) in [5.41, 5.74) is 7.18. The van der Waals surface area contributed by atoms with Crippen LogP contribution in [0.25, 0.3) is 0 Å². The predicted molar refractivity (Wildman–Crippen MR) is 80.2 cm³/mol. The van der Waals surface area contributed by atoms with Crippen LogP contribution >= 0.6 is 11.3 Å². The Morgan fingerprint density at radius 1 is 1.32 bits per heavy atom. The minimum atomic E-state index is 0.555. The van der Waals surface area contributed by atoms with Crippen LogP contribution in [0.5, 0.6) is 0 Å². The van der Waals surface area contributed by atoms with Crippen LogP contribution in [0.15, 0.2) is 36.5 Å². The number of benzene rings is 1. The maximum Gasteiger partial charge on any atom is 0.106 e. The maximum atomic E-state index is 5.79. The van der Waals surface area contributed by atoms with Gasteiger partial charge in [-0.25, -0.2) is 4.98 Å².